The lowest BCUT2D eigenvalue weighted by molar-refractivity contribution is 0.119. The SMILES string of the molecule is CC(C)CCC(O)CCO. The molecule has 0 aromatic heterocycles. The van der Waals surface area contributed by atoms with Crippen LogP contribution in [-0.2, 0) is 0 Å². The Bertz CT molecular complexity index is 71.7. The van der Waals surface area contributed by atoms with E-state index in [-0.39, 0.29) is 12.7 Å². The van der Waals surface area contributed by atoms with Crippen molar-refractivity contribution in [1.82, 2.24) is 0 Å². The van der Waals surface area contributed by atoms with Crippen LogP contribution in [0.5, 0.6) is 0 Å². The average molecular weight is 146 g/mol. The molecule has 0 amide bonds. The van der Waals surface area contributed by atoms with Gasteiger partial charge in [-0.15, -0.1) is 0 Å². The lowest BCUT2D eigenvalue weighted by atomic mass is 10.0. The Balaban J connectivity index is 3.12. The summed E-state index contributed by atoms with van der Waals surface area (Å²) in [5.41, 5.74) is 0. The van der Waals surface area contributed by atoms with Crippen LogP contribution in [0.3, 0.4) is 0 Å². The van der Waals surface area contributed by atoms with Gasteiger partial charge in [0.25, 0.3) is 0 Å². The van der Waals surface area contributed by atoms with Crippen LogP contribution in [0, 0.1) is 5.92 Å². The van der Waals surface area contributed by atoms with Crippen molar-refractivity contribution >= 4 is 0 Å². The second-order valence-corrected chi connectivity index (χ2v) is 3.14. The van der Waals surface area contributed by atoms with E-state index in [0.717, 1.165) is 12.8 Å². The summed E-state index contributed by atoms with van der Waals surface area (Å²) in [4.78, 5) is 0. The van der Waals surface area contributed by atoms with E-state index in [1.165, 1.54) is 0 Å². The molecule has 2 nitrogen and oxygen atoms in total. The van der Waals surface area contributed by atoms with Crippen LogP contribution < -0.4 is 0 Å². The molecule has 0 aromatic rings. The van der Waals surface area contributed by atoms with Crippen molar-refractivity contribution in [1.29, 1.82) is 0 Å². The molecule has 0 fully saturated rings. The van der Waals surface area contributed by atoms with Gasteiger partial charge in [0.05, 0.1) is 6.10 Å². The third-order valence-electron chi connectivity index (χ3n) is 1.54. The fraction of sp³-hybridized carbons (Fsp3) is 1.00. The van der Waals surface area contributed by atoms with Crippen molar-refractivity contribution in [3.63, 3.8) is 0 Å². The van der Waals surface area contributed by atoms with Crippen LogP contribution in [0.15, 0.2) is 0 Å². The summed E-state index contributed by atoms with van der Waals surface area (Å²) < 4.78 is 0. The zero-order valence-electron chi connectivity index (χ0n) is 6.88. The topological polar surface area (TPSA) is 40.5 Å². The predicted molar refractivity (Wildman–Crippen MR) is 41.8 cm³/mol. The standard InChI is InChI=1S/C8H18O2/c1-7(2)3-4-8(10)5-6-9/h7-10H,3-6H2,1-2H3. The number of aliphatic hydroxyl groups excluding tert-OH is 2. The van der Waals surface area contributed by atoms with Gasteiger partial charge >= 0.3 is 0 Å². The van der Waals surface area contributed by atoms with Crippen molar-refractivity contribution < 1.29 is 10.2 Å². The summed E-state index contributed by atoms with van der Waals surface area (Å²) in [5.74, 6) is 0.647. The van der Waals surface area contributed by atoms with Crippen molar-refractivity contribution in [2.24, 2.45) is 5.92 Å². The maximum atomic E-state index is 9.14. The predicted octanol–water partition coefficient (Wildman–Crippen LogP) is 1.17. The summed E-state index contributed by atoms with van der Waals surface area (Å²) in [5, 5.41) is 17.6. The zero-order valence-corrected chi connectivity index (χ0v) is 6.88. The van der Waals surface area contributed by atoms with Crippen LogP contribution in [-0.4, -0.2) is 22.9 Å². The van der Waals surface area contributed by atoms with Crippen LogP contribution in [0.2, 0.25) is 0 Å². The van der Waals surface area contributed by atoms with Crippen molar-refractivity contribution in [3.05, 3.63) is 0 Å². The van der Waals surface area contributed by atoms with E-state index in [1.807, 2.05) is 0 Å². The molecule has 0 spiro atoms. The summed E-state index contributed by atoms with van der Waals surface area (Å²) in [6.45, 7) is 4.36. The molecule has 0 saturated heterocycles. The molecule has 0 rings (SSSR count). The van der Waals surface area contributed by atoms with Crippen molar-refractivity contribution in [3.8, 4) is 0 Å². The molecule has 0 aliphatic heterocycles. The molecule has 0 aliphatic carbocycles. The van der Waals surface area contributed by atoms with Gasteiger partial charge in [0.15, 0.2) is 0 Å². The molecule has 0 radical (unpaired) electrons. The molecule has 10 heavy (non-hydrogen) atoms. The number of aliphatic hydroxyl groups is 2. The number of rotatable bonds is 5. The second-order valence-electron chi connectivity index (χ2n) is 3.14. The molecule has 0 bridgehead atoms. The highest BCUT2D eigenvalue weighted by Gasteiger charge is 2.03. The minimum Gasteiger partial charge on any atom is -0.396 e. The summed E-state index contributed by atoms with van der Waals surface area (Å²) in [7, 11) is 0. The molecular formula is C8H18O2. The second kappa shape index (κ2) is 5.69. The van der Waals surface area contributed by atoms with Crippen LogP contribution in [0.1, 0.15) is 33.1 Å². The number of hydrogen-bond donors (Lipinski definition) is 2. The fourth-order valence-electron chi connectivity index (χ4n) is 0.819. The Morgan fingerprint density at radius 3 is 2.10 bits per heavy atom. The maximum absolute atomic E-state index is 9.14. The van der Waals surface area contributed by atoms with E-state index >= 15 is 0 Å². The molecule has 0 saturated carbocycles. The monoisotopic (exact) mass is 146 g/mol. The van der Waals surface area contributed by atoms with Crippen molar-refractivity contribution in [2.75, 3.05) is 6.61 Å². The highest BCUT2D eigenvalue weighted by atomic mass is 16.3. The first kappa shape index (κ1) is 9.92. The van der Waals surface area contributed by atoms with Crippen molar-refractivity contribution in [2.45, 2.75) is 39.2 Å². The molecule has 0 aromatic carbocycles. The van der Waals surface area contributed by atoms with Gasteiger partial charge in [-0.3, -0.25) is 0 Å². The molecule has 2 heteroatoms. The minimum absolute atomic E-state index is 0.0965. The van der Waals surface area contributed by atoms with E-state index in [1.54, 1.807) is 0 Å². The molecular weight excluding hydrogens is 128 g/mol. The van der Waals surface area contributed by atoms with Gasteiger partial charge in [0, 0.05) is 6.61 Å². The zero-order chi connectivity index (χ0) is 7.98. The van der Waals surface area contributed by atoms with Crippen LogP contribution in [0.4, 0.5) is 0 Å². The van der Waals surface area contributed by atoms with Gasteiger partial charge in [-0.1, -0.05) is 13.8 Å². The number of hydrogen-bond acceptors (Lipinski definition) is 2. The largest absolute Gasteiger partial charge is 0.396 e. The molecule has 0 aliphatic rings. The van der Waals surface area contributed by atoms with E-state index in [2.05, 4.69) is 13.8 Å². The third-order valence-corrected chi connectivity index (χ3v) is 1.54. The molecule has 62 valence electrons. The Kier molecular flexibility index (Phi) is 5.64. The fourth-order valence-corrected chi connectivity index (χ4v) is 0.819. The van der Waals surface area contributed by atoms with Crippen LogP contribution >= 0.6 is 0 Å². The van der Waals surface area contributed by atoms with Gasteiger partial charge in [-0.25, -0.2) is 0 Å². The van der Waals surface area contributed by atoms with E-state index in [4.69, 9.17) is 10.2 Å². The first-order valence-electron chi connectivity index (χ1n) is 3.95. The summed E-state index contributed by atoms with van der Waals surface area (Å²) >= 11 is 0. The lowest BCUT2D eigenvalue weighted by Gasteiger charge is -2.09. The van der Waals surface area contributed by atoms with Crippen LogP contribution in [0.25, 0.3) is 0 Å². The molecule has 1 unspecified atom stereocenters. The normalized spacial score (nSPS) is 14.1. The Labute approximate surface area is 62.9 Å². The van der Waals surface area contributed by atoms with E-state index in [9.17, 15) is 0 Å². The minimum atomic E-state index is -0.299. The van der Waals surface area contributed by atoms with Gasteiger partial charge in [0.2, 0.25) is 0 Å². The summed E-state index contributed by atoms with van der Waals surface area (Å²) in [6, 6.07) is 0. The Morgan fingerprint density at radius 1 is 1.10 bits per heavy atom. The highest BCUT2D eigenvalue weighted by molar-refractivity contribution is 4.56. The smallest absolute Gasteiger partial charge is 0.0562 e. The Morgan fingerprint density at radius 2 is 1.70 bits per heavy atom. The Hall–Kier alpha value is -0.0800. The highest BCUT2D eigenvalue weighted by Crippen LogP contribution is 2.08. The average Bonchev–Trinajstić information content (AvgIpc) is 1.85. The quantitative estimate of drug-likeness (QED) is 0.611. The molecule has 2 N–H and O–H groups in total. The molecule has 1 atom stereocenters. The van der Waals surface area contributed by atoms with Gasteiger partial charge < -0.3 is 10.2 Å². The maximum Gasteiger partial charge on any atom is 0.0562 e. The third kappa shape index (κ3) is 6.05. The van der Waals surface area contributed by atoms with E-state index < -0.39 is 0 Å². The first-order valence-corrected chi connectivity index (χ1v) is 3.95. The van der Waals surface area contributed by atoms with E-state index in [0.29, 0.717) is 12.3 Å². The first-order chi connectivity index (χ1) is 4.66. The molecule has 0 heterocycles. The lowest BCUT2D eigenvalue weighted by Crippen LogP contribution is -2.09. The van der Waals surface area contributed by atoms with Gasteiger partial charge in [-0.05, 0) is 25.2 Å². The summed E-state index contributed by atoms with van der Waals surface area (Å²) in [6.07, 6.45) is 2.08. The van der Waals surface area contributed by atoms with Gasteiger partial charge in [0.1, 0.15) is 0 Å². The van der Waals surface area contributed by atoms with Gasteiger partial charge in [-0.2, -0.15) is 0 Å².